The van der Waals surface area contributed by atoms with Crippen LogP contribution in [0.15, 0.2) is 42.6 Å². The van der Waals surface area contributed by atoms with Gasteiger partial charge in [0.25, 0.3) is 5.91 Å². The van der Waals surface area contributed by atoms with E-state index in [0.29, 0.717) is 17.5 Å². The van der Waals surface area contributed by atoms with Gasteiger partial charge in [0.15, 0.2) is 6.61 Å². The highest BCUT2D eigenvalue weighted by Gasteiger charge is 2.21. The molecule has 24 heavy (non-hydrogen) atoms. The SMILES string of the molecule is O=C(COC(=O)c1ccc(NC2CC2)nc1)Nc1cccc(F)c1. The third-order valence-corrected chi connectivity index (χ3v) is 3.37. The minimum atomic E-state index is -0.644. The number of esters is 1. The van der Waals surface area contributed by atoms with E-state index >= 15 is 0 Å². The Morgan fingerprint density at radius 2 is 2.08 bits per heavy atom. The Balaban J connectivity index is 1.48. The Morgan fingerprint density at radius 1 is 1.25 bits per heavy atom. The molecule has 1 aromatic heterocycles. The number of benzene rings is 1. The first kappa shape index (κ1) is 15.9. The summed E-state index contributed by atoms with van der Waals surface area (Å²) >= 11 is 0. The number of pyridine rings is 1. The van der Waals surface area contributed by atoms with Gasteiger partial charge in [-0.2, -0.15) is 0 Å². The summed E-state index contributed by atoms with van der Waals surface area (Å²) in [4.78, 5) is 27.7. The highest BCUT2D eigenvalue weighted by Crippen LogP contribution is 2.23. The van der Waals surface area contributed by atoms with Gasteiger partial charge in [-0.1, -0.05) is 6.07 Å². The number of hydrogen-bond donors (Lipinski definition) is 2. The van der Waals surface area contributed by atoms with E-state index in [1.165, 1.54) is 30.5 Å². The molecule has 0 spiro atoms. The normalized spacial score (nSPS) is 13.2. The highest BCUT2D eigenvalue weighted by molar-refractivity contribution is 5.95. The molecule has 0 atom stereocenters. The van der Waals surface area contributed by atoms with Crippen LogP contribution in [0.5, 0.6) is 0 Å². The first-order valence-electron chi connectivity index (χ1n) is 7.55. The van der Waals surface area contributed by atoms with E-state index in [1.54, 1.807) is 12.1 Å². The molecule has 1 fully saturated rings. The van der Waals surface area contributed by atoms with Crippen LogP contribution in [0.2, 0.25) is 0 Å². The lowest BCUT2D eigenvalue weighted by molar-refractivity contribution is -0.119. The van der Waals surface area contributed by atoms with Crippen molar-refractivity contribution < 1.29 is 18.7 Å². The summed E-state index contributed by atoms with van der Waals surface area (Å²) in [7, 11) is 0. The molecule has 0 bridgehead atoms. The lowest BCUT2D eigenvalue weighted by Gasteiger charge is -2.07. The molecular formula is C17H16FN3O3. The van der Waals surface area contributed by atoms with Crippen molar-refractivity contribution in [3.63, 3.8) is 0 Å². The number of ether oxygens (including phenoxy) is 1. The third kappa shape index (κ3) is 4.52. The van der Waals surface area contributed by atoms with E-state index in [2.05, 4.69) is 15.6 Å². The minimum Gasteiger partial charge on any atom is -0.452 e. The Morgan fingerprint density at radius 3 is 2.75 bits per heavy atom. The molecule has 1 aliphatic rings. The van der Waals surface area contributed by atoms with E-state index < -0.39 is 24.3 Å². The molecule has 1 amide bonds. The van der Waals surface area contributed by atoms with Gasteiger partial charge in [0.1, 0.15) is 11.6 Å². The molecule has 124 valence electrons. The van der Waals surface area contributed by atoms with Crippen LogP contribution in [0.1, 0.15) is 23.2 Å². The largest absolute Gasteiger partial charge is 0.452 e. The Labute approximate surface area is 138 Å². The molecule has 1 aliphatic carbocycles. The predicted molar refractivity (Wildman–Crippen MR) is 86.2 cm³/mol. The number of carbonyl (C=O) groups excluding carboxylic acids is 2. The Kier molecular flexibility index (Phi) is 4.69. The van der Waals surface area contributed by atoms with Crippen molar-refractivity contribution in [2.45, 2.75) is 18.9 Å². The molecular weight excluding hydrogens is 313 g/mol. The quantitative estimate of drug-likeness (QED) is 0.796. The van der Waals surface area contributed by atoms with Crippen LogP contribution >= 0.6 is 0 Å². The van der Waals surface area contributed by atoms with Gasteiger partial charge in [-0.05, 0) is 43.2 Å². The topological polar surface area (TPSA) is 80.3 Å². The number of halogens is 1. The summed E-state index contributed by atoms with van der Waals surface area (Å²) < 4.78 is 17.9. The number of anilines is 2. The molecule has 0 saturated heterocycles. The van der Waals surface area contributed by atoms with Crippen LogP contribution in [0.4, 0.5) is 15.9 Å². The van der Waals surface area contributed by atoms with Crippen LogP contribution < -0.4 is 10.6 Å². The first-order valence-corrected chi connectivity index (χ1v) is 7.55. The number of rotatable bonds is 6. The number of nitrogens with zero attached hydrogens (tertiary/aromatic N) is 1. The molecule has 2 N–H and O–H groups in total. The van der Waals surface area contributed by atoms with Crippen LogP contribution in [0.3, 0.4) is 0 Å². The van der Waals surface area contributed by atoms with E-state index in [1.807, 2.05) is 0 Å². The molecule has 6 nitrogen and oxygen atoms in total. The van der Waals surface area contributed by atoms with Crippen LogP contribution in [0, 0.1) is 5.82 Å². The lowest BCUT2D eigenvalue weighted by atomic mass is 10.3. The lowest BCUT2D eigenvalue weighted by Crippen LogP contribution is -2.21. The minimum absolute atomic E-state index is 0.259. The first-order chi connectivity index (χ1) is 11.6. The second kappa shape index (κ2) is 7.08. The maximum atomic E-state index is 13.0. The molecule has 1 heterocycles. The average molecular weight is 329 g/mol. The van der Waals surface area contributed by atoms with E-state index in [0.717, 1.165) is 12.8 Å². The van der Waals surface area contributed by atoms with E-state index in [4.69, 9.17) is 4.74 Å². The zero-order chi connectivity index (χ0) is 16.9. The van der Waals surface area contributed by atoms with Crippen LogP contribution in [0.25, 0.3) is 0 Å². The monoisotopic (exact) mass is 329 g/mol. The summed E-state index contributed by atoms with van der Waals surface area (Å²) in [5, 5.41) is 5.65. The van der Waals surface area contributed by atoms with Gasteiger partial charge in [0, 0.05) is 17.9 Å². The molecule has 0 aliphatic heterocycles. The molecule has 1 aromatic carbocycles. The smallest absolute Gasteiger partial charge is 0.340 e. The Bertz CT molecular complexity index is 745. The predicted octanol–water partition coefficient (Wildman–Crippen LogP) is 2.59. The summed E-state index contributed by atoms with van der Waals surface area (Å²) in [6.07, 6.45) is 3.66. The van der Waals surface area contributed by atoms with Gasteiger partial charge in [-0.25, -0.2) is 14.2 Å². The fourth-order valence-corrected chi connectivity index (χ4v) is 2.01. The molecule has 0 radical (unpaired) electrons. The zero-order valence-corrected chi connectivity index (χ0v) is 12.8. The maximum absolute atomic E-state index is 13.0. The summed E-state index contributed by atoms with van der Waals surface area (Å²) in [5.74, 6) is -0.947. The fourth-order valence-electron chi connectivity index (χ4n) is 2.01. The fraction of sp³-hybridized carbons (Fsp3) is 0.235. The van der Waals surface area contributed by atoms with Crippen LogP contribution in [-0.4, -0.2) is 29.5 Å². The second-order valence-electron chi connectivity index (χ2n) is 5.49. The number of amides is 1. The van der Waals surface area contributed by atoms with Gasteiger partial charge in [0.05, 0.1) is 5.56 Å². The highest BCUT2D eigenvalue weighted by atomic mass is 19.1. The zero-order valence-electron chi connectivity index (χ0n) is 12.8. The van der Waals surface area contributed by atoms with Crippen LogP contribution in [-0.2, 0) is 9.53 Å². The van der Waals surface area contributed by atoms with Crippen molar-refractivity contribution in [3.05, 3.63) is 54.0 Å². The molecule has 2 aromatic rings. The van der Waals surface area contributed by atoms with Crippen molar-refractivity contribution in [1.29, 1.82) is 0 Å². The molecule has 1 saturated carbocycles. The summed E-state index contributed by atoms with van der Waals surface area (Å²) in [6, 6.07) is 9.21. The van der Waals surface area contributed by atoms with E-state index in [9.17, 15) is 14.0 Å². The van der Waals surface area contributed by atoms with Crippen molar-refractivity contribution in [2.75, 3.05) is 17.2 Å². The van der Waals surface area contributed by atoms with Crippen molar-refractivity contribution in [3.8, 4) is 0 Å². The number of nitrogens with one attached hydrogen (secondary N) is 2. The molecule has 3 rings (SSSR count). The van der Waals surface area contributed by atoms with Crippen molar-refractivity contribution in [1.82, 2.24) is 4.98 Å². The van der Waals surface area contributed by atoms with E-state index in [-0.39, 0.29) is 5.56 Å². The molecule has 7 heteroatoms. The second-order valence-corrected chi connectivity index (χ2v) is 5.49. The summed E-state index contributed by atoms with van der Waals surface area (Å²) in [5.41, 5.74) is 0.558. The van der Waals surface area contributed by atoms with Crippen molar-refractivity contribution in [2.24, 2.45) is 0 Å². The van der Waals surface area contributed by atoms with Gasteiger partial charge >= 0.3 is 5.97 Å². The average Bonchev–Trinajstić information content (AvgIpc) is 3.37. The van der Waals surface area contributed by atoms with Gasteiger partial charge in [-0.3, -0.25) is 4.79 Å². The number of hydrogen-bond acceptors (Lipinski definition) is 5. The van der Waals surface area contributed by atoms with Gasteiger partial charge in [0.2, 0.25) is 0 Å². The third-order valence-electron chi connectivity index (χ3n) is 3.37. The number of aromatic nitrogens is 1. The summed E-state index contributed by atoms with van der Waals surface area (Å²) in [6.45, 7) is -0.461. The maximum Gasteiger partial charge on any atom is 0.340 e. The Hall–Kier alpha value is -2.96. The number of carbonyl (C=O) groups is 2. The van der Waals surface area contributed by atoms with Gasteiger partial charge < -0.3 is 15.4 Å². The van der Waals surface area contributed by atoms with Crippen molar-refractivity contribution >= 4 is 23.4 Å². The molecule has 0 unspecified atom stereocenters. The van der Waals surface area contributed by atoms with Gasteiger partial charge in [-0.15, -0.1) is 0 Å². The standard InChI is InChI=1S/C17H16FN3O3/c18-12-2-1-3-14(8-12)21-16(22)10-24-17(23)11-4-7-15(19-9-11)20-13-5-6-13/h1-4,7-9,13H,5-6,10H2,(H,19,20)(H,21,22).